The van der Waals surface area contributed by atoms with E-state index in [1.807, 2.05) is 0 Å². The molecule has 0 radical (unpaired) electrons. The number of hydrogen-bond acceptors (Lipinski definition) is 6. The Hall–Kier alpha value is -1.84. The fourth-order valence-corrected chi connectivity index (χ4v) is 3.23. The summed E-state index contributed by atoms with van der Waals surface area (Å²) in [6.07, 6.45) is 4.82. The van der Waals surface area contributed by atoms with Crippen LogP contribution in [0.1, 0.15) is 15.4 Å². The van der Waals surface area contributed by atoms with Gasteiger partial charge in [0.25, 0.3) is 5.91 Å². The summed E-state index contributed by atoms with van der Waals surface area (Å²) in [4.78, 5) is 20.2. The maximum atomic E-state index is 11.7. The fourth-order valence-electron chi connectivity index (χ4n) is 1.45. The highest BCUT2D eigenvalue weighted by Crippen LogP contribution is 2.20. The van der Waals surface area contributed by atoms with Gasteiger partial charge in [0.1, 0.15) is 9.90 Å². The summed E-state index contributed by atoms with van der Waals surface area (Å²) in [6.45, 7) is 0.375. The largest absolute Gasteiger partial charge is 0.350 e. The van der Waals surface area contributed by atoms with E-state index >= 15 is 0 Å². The van der Waals surface area contributed by atoms with Gasteiger partial charge < -0.3 is 5.32 Å². The lowest BCUT2D eigenvalue weighted by Gasteiger charge is -2.02. The van der Waals surface area contributed by atoms with Crippen LogP contribution in [0.4, 0.5) is 0 Å². The topological polar surface area (TPSA) is 115 Å². The van der Waals surface area contributed by atoms with E-state index < -0.39 is 10.0 Å². The number of primary sulfonamides is 1. The summed E-state index contributed by atoms with van der Waals surface area (Å²) < 4.78 is 22.4. The number of nitrogens with zero attached hydrogens (tertiary/aromatic N) is 2. The van der Waals surface area contributed by atoms with Crippen molar-refractivity contribution in [2.24, 2.45) is 5.14 Å². The van der Waals surface area contributed by atoms with E-state index in [0.717, 1.165) is 16.2 Å². The molecule has 7 nitrogen and oxygen atoms in total. The maximum absolute atomic E-state index is 11.7. The van der Waals surface area contributed by atoms with Gasteiger partial charge in [-0.05, 0) is 18.6 Å². The van der Waals surface area contributed by atoms with E-state index in [4.69, 9.17) is 5.14 Å². The Labute approximate surface area is 119 Å². The van der Waals surface area contributed by atoms with Crippen LogP contribution in [-0.4, -0.2) is 30.8 Å². The lowest BCUT2D eigenvalue weighted by atomic mass is 10.3. The summed E-state index contributed by atoms with van der Waals surface area (Å²) in [6, 6.07) is 3.14. The molecular formula is C11H12N4O3S2. The molecule has 0 aliphatic carbocycles. The van der Waals surface area contributed by atoms with Gasteiger partial charge in [0.05, 0.1) is 6.20 Å². The molecule has 0 atom stereocenters. The van der Waals surface area contributed by atoms with Crippen molar-refractivity contribution >= 4 is 27.3 Å². The number of nitrogens with two attached hydrogens (primary N) is 1. The molecule has 2 aromatic heterocycles. The van der Waals surface area contributed by atoms with E-state index in [9.17, 15) is 13.2 Å². The van der Waals surface area contributed by atoms with Crippen molar-refractivity contribution in [1.29, 1.82) is 0 Å². The molecule has 0 saturated carbocycles. The van der Waals surface area contributed by atoms with Gasteiger partial charge in [0, 0.05) is 23.8 Å². The van der Waals surface area contributed by atoms with Crippen LogP contribution in [0.25, 0.3) is 0 Å². The van der Waals surface area contributed by atoms with Crippen molar-refractivity contribution in [2.75, 3.05) is 6.54 Å². The van der Waals surface area contributed by atoms with Crippen molar-refractivity contribution in [3.8, 4) is 0 Å². The standard InChI is InChI=1S/C11H12N4O3S2/c12-20(17,18)10-2-1-8(19-10)3-4-15-11(16)9-7-13-5-6-14-9/h1-2,5-7H,3-4H2,(H,15,16)(H2,12,17,18). The molecule has 0 aliphatic heterocycles. The van der Waals surface area contributed by atoms with Crippen LogP contribution >= 0.6 is 11.3 Å². The van der Waals surface area contributed by atoms with Crippen LogP contribution in [-0.2, 0) is 16.4 Å². The summed E-state index contributed by atoms with van der Waals surface area (Å²) in [5.41, 5.74) is 0.240. The summed E-state index contributed by atoms with van der Waals surface area (Å²) in [5, 5.41) is 7.70. The van der Waals surface area contributed by atoms with Gasteiger partial charge in [-0.2, -0.15) is 0 Å². The van der Waals surface area contributed by atoms with Gasteiger partial charge in [-0.3, -0.25) is 9.78 Å². The second kappa shape index (κ2) is 6.07. The second-order valence-electron chi connectivity index (χ2n) is 3.86. The van der Waals surface area contributed by atoms with E-state index in [-0.39, 0.29) is 15.8 Å². The van der Waals surface area contributed by atoms with Crippen molar-refractivity contribution in [1.82, 2.24) is 15.3 Å². The molecule has 0 unspecified atom stereocenters. The first-order valence-corrected chi connectivity index (χ1v) is 7.99. The van der Waals surface area contributed by atoms with Gasteiger partial charge in [-0.15, -0.1) is 11.3 Å². The highest BCUT2D eigenvalue weighted by atomic mass is 32.2. The predicted octanol–water partition coefficient (Wildman–Crippen LogP) is 0.158. The van der Waals surface area contributed by atoms with Crippen LogP contribution in [0, 0.1) is 0 Å². The third-order valence-electron chi connectivity index (χ3n) is 2.37. The Balaban J connectivity index is 1.88. The van der Waals surface area contributed by atoms with Gasteiger partial charge in [-0.1, -0.05) is 0 Å². The molecule has 2 aromatic rings. The Morgan fingerprint density at radius 3 is 2.75 bits per heavy atom. The quantitative estimate of drug-likeness (QED) is 0.816. The molecule has 20 heavy (non-hydrogen) atoms. The Kier molecular flexibility index (Phi) is 4.42. The first-order valence-electron chi connectivity index (χ1n) is 5.62. The zero-order valence-corrected chi connectivity index (χ0v) is 11.9. The normalized spacial score (nSPS) is 11.2. The van der Waals surface area contributed by atoms with Crippen molar-refractivity contribution in [2.45, 2.75) is 10.6 Å². The van der Waals surface area contributed by atoms with Crippen LogP contribution in [0.5, 0.6) is 0 Å². The maximum Gasteiger partial charge on any atom is 0.271 e. The first kappa shape index (κ1) is 14.6. The number of amides is 1. The lowest BCUT2D eigenvalue weighted by Crippen LogP contribution is -2.26. The predicted molar refractivity (Wildman–Crippen MR) is 73.8 cm³/mol. The molecule has 2 heterocycles. The molecule has 3 N–H and O–H groups in total. The zero-order chi connectivity index (χ0) is 14.6. The molecule has 0 saturated heterocycles. The number of aromatic nitrogens is 2. The second-order valence-corrected chi connectivity index (χ2v) is 6.82. The molecule has 0 aliphatic rings. The number of thiophene rings is 1. The Morgan fingerprint density at radius 1 is 1.35 bits per heavy atom. The minimum Gasteiger partial charge on any atom is -0.350 e. The lowest BCUT2D eigenvalue weighted by molar-refractivity contribution is 0.0949. The first-order chi connectivity index (χ1) is 9.47. The molecule has 9 heteroatoms. The van der Waals surface area contributed by atoms with E-state index in [0.29, 0.717) is 13.0 Å². The van der Waals surface area contributed by atoms with Crippen LogP contribution in [0.15, 0.2) is 34.9 Å². The van der Waals surface area contributed by atoms with Crippen LogP contribution in [0.3, 0.4) is 0 Å². The molecule has 0 fully saturated rings. The summed E-state index contributed by atoms with van der Waals surface area (Å²) in [5.74, 6) is -0.318. The molecule has 2 rings (SSSR count). The fraction of sp³-hybridized carbons (Fsp3) is 0.182. The van der Waals surface area contributed by atoms with Crippen LogP contribution < -0.4 is 10.5 Å². The van der Waals surface area contributed by atoms with Crippen molar-refractivity contribution in [3.63, 3.8) is 0 Å². The highest BCUT2D eigenvalue weighted by Gasteiger charge is 2.11. The minimum atomic E-state index is -3.65. The van der Waals surface area contributed by atoms with Gasteiger partial charge in [0.2, 0.25) is 10.0 Å². The Morgan fingerprint density at radius 2 is 2.15 bits per heavy atom. The van der Waals surface area contributed by atoms with E-state index in [2.05, 4.69) is 15.3 Å². The smallest absolute Gasteiger partial charge is 0.271 e. The molecule has 1 amide bonds. The molecular weight excluding hydrogens is 300 g/mol. The molecule has 106 valence electrons. The third kappa shape index (κ3) is 3.83. The van der Waals surface area contributed by atoms with Gasteiger partial charge >= 0.3 is 0 Å². The number of carbonyl (C=O) groups excluding carboxylic acids is 1. The van der Waals surface area contributed by atoms with Crippen LogP contribution in [0.2, 0.25) is 0 Å². The molecule has 0 spiro atoms. The van der Waals surface area contributed by atoms with Gasteiger partial charge in [-0.25, -0.2) is 18.5 Å². The summed E-state index contributed by atoms with van der Waals surface area (Å²) >= 11 is 1.10. The number of rotatable bonds is 5. The van der Waals surface area contributed by atoms with Crippen molar-refractivity contribution in [3.05, 3.63) is 41.3 Å². The van der Waals surface area contributed by atoms with Crippen molar-refractivity contribution < 1.29 is 13.2 Å². The Bertz CT molecular complexity index is 697. The average molecular weight is 312 g/mol. The third-order valence-corrected chi connectivity index (χ3v) is 4.95. The van der Waals surface area contributed by atoms with Gasteiger partial charge in [0.15, 0.2) is 0 Å². The number of sulfonamides is 1. The average Bonchev–Trinajstić information content (AvgIpc) is 2.88. The zero-order valence-electron chi connectivity index (χ0n) is 10.3. The monoisotopic (exact) mass is 312 g/mol. The van der Waals surface area contributed by atoms with E-state index in [1.165, 1.54) is 24.7 Å². The number of hydrogen-bond donors (Lipinski definition) is 2. The number of carbonyl (C=O) groups is 1. The minimum absolute atomic E-state index is 0.118. The number of nitrogens with one attached hydrogen (secondary N) is 1. The molecule has 0 aromatic carbocycles. The molecule has 0 bridgehead atoms. The summed E-state index contributed by atoms with van der Waals surface area (Å²) in [7, 11) is -3.65. The SMILES string of the molecule is NS(=O)(=O)c1ccc(CCNC(=O)c2cnccn2)s1. The highest BCUT2D eigenvalue weighted by molar-refractivity contribution is 7.91. The van der Waals surface area contributed by atoms with E-state index in [1.54, 1.807) is 6.07 Å².